The predicted molar refractivity (Wildman–Crippen MR) is 120 cm³/mol. The Morgan fingerprint density at radius 2 is 0.902 bits per heavy atom. The van der Waals surface area contributed by atoms with E-state index in [0.717, 1.165) is 4.90 Å². The van der Waals surface area contributed by atoms with Gasteiger partial charge >= 0.3 is 24.7 Å². The van der Waals surface area contributed by atoms with Gasteiger partial charge in [-0.25, -0.2) is 14.9 Å². The van der Waals surface area contributed by atoms with Crippen LogP contribution in [-0.4, -0.2) is 28.4 Å². The Kier molecular flexibility index (Phi) is 6.19. The van der Waals surface area contributed by atoms with E-state index in [0.29, 0.717) is 24.3 Å². The summed E-state index contributed by atoms with van der Waals surface area (Å²) >= 11 is 0. The standard InChI is InChI=1S/C24H9F12N5/c25-21(26,27)12-4-10(5-13(8-12)22(28,29)30)18-37-16-2-1-3-17-38-19(40-20(39-18)41(16)17)11-6-14(23(31,32)33)9-15(7-11)24(34,35)36/h1-9H. The van der Waals surface area contributed by atoms with Crippen LogP contribution in [0.3, 0.4) is 0 Å². The summed E-state index contributed by atoms with van der Waals surface area (Å²) in [7, 11) is 0. The van der Waals surface area contributed by atoms with Crippen molar-refractivity contribution in [3.63, 3.8) is 0 Å². The largest absolute Gasteiger partial charge is 0.416 e. The molecule has 0 fully saturated rings. The molecule has 41 heavy (non-hydrogen) atoms. The quantitative estimate of drug-likeness (QED) is 0.333. The van der Waals surface area contributed by atoms with E-state index in [4.69, 9.17) is 0 Å². The molecule has 5 nitrogen and oxygen atoms in total. The Hall–Kier alpha value is -4.44. The van der Waals surface area contributed by atoms with Crippen molar-refractivity contribution in [2.24, 2.45) is 20.0 Å². The van der Waals surface area contributed by atoms with E-state index in [1.54, 1.807) is 0 Å². The molecule has 17 heteroatoms. The predicted octanol–water partition coefficient (Wildman–Crippen LogP) is 7.45. The molecule has 0 spiro atoms. The van der Waals surface area contributed by atoms with Gasteiger partial charge in [-0.2, -0.15) is 62.7 Å². The molecule has 0 saturated heterocycles. The fourth-order valence-corrected chi connectivity index (χ4v) is 3.87. The molecule has 3 heterocycles. The van der Waals surface area contributed by atoms with E-state index in [1.165, 1.54) is 18.2 Å². The SMILES string of the molecule is FC(F)(F)c1cc(C2=NC3=CC=CC4=NC(c5cc(C(F)(F)F)cc(C(F)(F)F)c5)=NC(=N2)N34)cc(C(F)(F)F)c1. The second-order valence-corrected chi connectivity index (χ2v) is 8.56. The number of guanidine groups is 1. The van der Waals surface area contributed by atoms with Crippen molar-refractivity contribution < 1.29 is 52.7 Å². The molecule has 0 radical (unpaired) electrons. The second kappa shape index (κ2) is 9.04. The third kappa shape index (κ3) is 5.47. The number of benzene rings is 2. The van der Waals surface area contributed by atoms with Crippen molar-refractivity contribution in [3.8, 4) is 0 Å². The highest BCUT2D eigenvalue weighted by Crippen LogP contribution is 2.39. The lowest BCUT2D eigenvalue weighted by Gasteiger charge is -2.31. The number of amidine groups is 3. The van der Waals surface area contributed by atoms with Gasteiger partial charge in [0.25, 0.3) is 0 Å². The number of aliphatic imine (C=N–C) groups is 4. The van der Waals surface area contributed by atoms with Gasteiger partial charge in [0.15, 0.2) is 11.7 Å². The van der Waals surface area contributed by atoms with Gasteiger partial charge in [-0.3, -0.25) is 0 Å². The maximum Gasteiger partial charge on any atom is 0.416 e. The second-order valence-electron chi connectivity index (χ2n) is 8.56. The van der Waals surface area contributed by atoms with E-state index >= 15 is 0 Å². The van der Waals surface area contributed by atoms with Crippen LogP contribution in [0.1, 0.15) is 33.4 Å². The van der Waals surface area contributed by atoms with Crippen molar-refractivity contribution in [2.45, 2.75) is 24.7 Å². The Morgan fingerprint density at radius 3 is 1.32 bits per heavy atom. The molecule has 0 N–H and O–H groups in total. The average molecular weight is 595 g/mol. The smallest absolute Gasteiger partial charge is 0.246 e. The molecule has 0 aromatic heterocycles. The first-order chi connectivity index (χ1) is 18.8. The topological polar surface area (TPSA) is 52.7 Å². The summed E-state index contributed by atoms with van der Waals surface area (Å²) in [4.78, 5) is 16.8. The first-order valence-corrected chi connectivity index (χ1v) is 10.9. The lowest BCUT2D eigenvalue weighted by Crippen LogP contribution is -2.41. The van der Waals surface area contributed by atoms with Gasteiger partial charge < -0.3 is 0 Å². The first kappa shape index (κ1) is 28.1. The normalized spacial score (nSPS) is 17.4. The van der Waals surface area contributed by atoms with Crippen LogP contribution in [0.25, 0.3) is 0 Å². The van der Waals surface area contributed by atoms with Gasteiger partial charge in [0.05, 0.1) is 22.3 Å². The molecule has 0 atom stereocenters. The van der Waals surface area contributed by atoms with Gasteiger partial charge in [-0.1, -0.05) is 6.08 Å². The van der Waals surface area contributed by atoms with Crippen molar-refractivity contribution in [1.82, 2.24) is 4.90 Å². The number of halogens is 12. The van der Waals surface area contributed by atoms with Gasteiger partial charge in [0, 0.05) is 11.1 Å². The highest BCUT2D eigenvalue weighted by Gasteiger charge is 2.40. The third-order valence-electron chi connectivity index (χ3n) is 5.69. The summed E-state index contributed by atoms with van der Waals surface area (Å²) in [5.41, 5.74) is -8.11. The van der Waals surface area contributed by atoms with Crippen molar-refractivity contribution in [2.75, 3.05) is 0 Å². The average Bonchev–Trinajstić information content (AvgIpc) is 2.86. The molecule has 2 aromatic carbocycles. The minimum absolute atomic E-state index is 0.109. The molecule has 3 aliphatic rings. The number of alkyl halides is 12. The van der Waals surface area contributed by atoms with E-state index in [1.807, 2.05) is 0 Å². The molecule has 0 bridgehead atoms. The maximum atomic E-state index is 13.4. The minimum Gasteiger partial charge on any atom is -0.246 e. The van der Waals surface area contributed by atoms with Gasteiger partial charge in [0.2, 0.25) is 5.96 Å². The number of hydrogen-bond donors (Lipinski definition) is 0. The monoisotopic (exact) mass is 595 g/mol. The Morgan fingerprint density at radius 1 is 0.488 bits per heavy atom. The highest BCUT2D eigenvalue weighted by atomic mass is 19.4. The third-order valence-corrected chi connectivity index (χ3v) is 5.69. The van der Waals surface area contributed by atoms with Gasteiger partial charge in [0.1, 0.15) is 11.7 Å². The molecule has 214 valence electrons. The van der Waals surface area contributed by atoms with Crippen LogP contribution in [0.4, 0.5) is 52.7 Å². The number of rotatable bonds is 2. The van der Waals surface area contributed by atoms with Crippen molar-refractivity contribution in [1.29, 1.82) is 0 Å². The van der Waals surface area contributed by atoms with Crippen LogP contribution >= 0.6 is 0 Å². The van der Waals surface area contributed by atoms with Crippen LogP contribution < -0.4 is 0 Å². The fourth-order valence-electron chi connectivity index (χ4n) is 3.87. The summed E-state index contributed by atoms with van der Waals surface area (Å²) in [6, 6.07) is 1.22. The van der Waals surface area contributed by atoms with Crippen LogP contribution in [0.2, 0.25) is 0 Å². The Balaban J connectivity index is 1.68. The van der Waals surface area contributed by atoms with Crippen LogP contribution in [0, 0.1) is 0 Å². The zero-order valence-corrected chi connectivity index (χ0v) is 19.5. The zero-order valence-electron chi connectivity index (χ0n) is 19.5. The van der Waals surface area contributed by atoms with E-state index < -0.39 is 75.7 Å². The lowest BCUT2D eigenvalue weighted by molar-refractivity contribution is -0.144. The van der Waals surface area contributed by atoms with Gasteiger partial charge in [-0.05, 0) is 48.6 Å². The highest BCUT2D eigenvalue weighted by molar-refractivity contribution is 6.25. The van der Waals surface area contributed by atoms with E-state index in [9.17, 15) is 52.7 Å². The molecule has 0 aliphatic carbocycles. The number of hydrogen-bond acceptors (Lipinski definition) is 5. The summed E-state index contributed by atoms with van der Waals surface area (Å²) in [5, 5.41) is 0. The summed E-state index contributed by atoms with van der Waals surface area (Å²) in [5.74, 6) is -2.17. The zero-order chi connectivity index (χ0) is 30.1. The van der Waals surface area contributed by atoms with Crippen LogP contribution in [-0.2, 0) is 24.7 Å². The van der Waals surface area contributed by atoms with Crippen LogP contribution in [0.15, 0.2) is 80.4 Å². The molecular formula is C24H9F12N5. The summed E-state index contributed by atoms with van der Waals surface area (Å²) in [6.07, 6.45) is -16.9. The Labute approximate surface area is 220 Å². The first-order valence-electron chi connectivity index (χ1n) is 10.9. The minimum atomic E-state index is -5.19. The van der Waals surface area contributed by atoms with E-state index in [-0.39, 0.29) is 23.8 Å². The number of allylic oxidation sites excluding steroid dienone is 2. The van der Waals surface area contributed by atoms with Crippen LogP contribution in [0.5, 0.6) is 0 Å². The maximum absolute atomic E-state index is 13.4. The molecule has 0 amide bonds. The number of nitrogens with zero attached hydrogens (tertiary/aromatic N) is 5. The van der Waals surface area contributed by atoms with Crippen molar-refractivity contribution >= 4 is 23.5 Å². The Bertz CT molecular complexity index is 1490. The van der Waals surface area contributed by atoms with Gasteiger partial charge in [-0.15, -0.1) is 0 Å². The molecule has 0 unspecified atom stereocenters. The van der Waals surface area contributed by atoms with E-state index in [2.05, 4.69) is 20.0 Å². The fraction of sp³-hybridized carbons (Fsp3) is 0.167. The molecular weight excluding hydrogens is 586 g/mol. The lowest BCUT2D eigenvalue weighted by atomic mass is 10.0. The molecule has 2 aromatic rings. The van der Waals surface area contributed by atoms with Crippen molar-refractivity contribution in [3.05, 3.63) is 93.8 Å². The summed E-state index contributed by atoms with van der Waals surface area (Å²) in [6.45, 7) is 0. The molecule has 5 rings (SSSR count). The molecule has 3 aliphatic heterocycles. The molecule has 0 saturated carbocycles. The summed E-state index contributed by atoms with van der Waals surface area (Å²) < 4.78 is 161.